The summed E-state index contributed by atoms with van der Waals surface area (Å²) in [5, 5.41) is 0. The molecule has 2 rings (SSSR count). The summed E-state index contributed by atoms with van der Waals surface area (Å²) in [6.07, 6.45) is 10.2. The molecule has 1 aliphatic rings. The number of allylic oxidation sites excluding steroid dienone is 2. The summed E-state index contributed by atoms with van der Waals surface area (Å²) in [5.41, 5.74) is 2.19. The largest absolute Gasteiger partial charge is 1.00 e. The average molecular weight is 346 g/mol. The normalized spacial score (nSPS) is 16.1. The minimum Gasteiger partial charge on any atom is -1.00 e. The Balaban J connectivity index is 0.00000112. The van der Waals surface area contributed by atoms with Crippen LogP contribution < -0.4 is 17.0 Å². The van der Waals surface area contributed by atoms with Crippen LogP contribution in [0.1, 0.15) is 12.6 Å². The number of hydrogen-bond acceptors (Lipinski definition) is 1. The number of nitrogens with zero attached hydrogens (tertiary/aromatic N) is 2. The highest BCUT2D eigenvalue weighted by Gasteiger charge is 2.15. The second-order valence-electron chi connectivity index (χ2n) is 3.11. The molecule has 0 aliphatic carbocycles. The van der Waals surface area contributed by atoms with E-state index in [0.29, 0.717) is 0 Å². The monoisotopic (exact) mass is 344 g/mol. The summed E-state index contributed by atoms with van der Waals surface area (Å²) in [6, 6.07) is 5.97. The smallest absolute Gasteiger partial charge is 0.231 e. The summed E-state index contributed by atoms with van der Waals surface area (Å²) in [4.78, 5) is 4.34. The Hall–Kier alpha value is -0.740. The number of halogens is 2. The second-order valence-corrected chi connectivity index (χ2v) is 3.11. The van der Waals surface area contributed by atoms with Crippen LogP contribution in [0.25, 0.3) is 5.70 Å². The fourth-order valence-corrected chi connectivity index (χ4v) is 1.52. The van der Waals surface area contributed by atoms with Gasteiger partial charge >= 0.3 is 0 Å². The summed E-state index contributed by atoms with van der Waals surface area (Å²) >= 11 is 0. The van der Waals surface area contributed by atoms with Gasteiger partial charge in [0.1, 0.15) is 11.9 Å². The van der Waals surface area contributed by atoms with Crippen LogP contribution in [0.3, 0.4) is 0 Å². The van der Waals surface area contributed by atoms with Gasteiger partial charge in [-0.1, -0.05) is 12.1 Å². The first kappa shape index (κ1) is 15.3. The molecule has 1 aromatic rings. The molecule has 0 unspecified atom stereocenters. The number of rotatable bonds is 1. The third-order valence-corrected chi connectivity index (χ3v) is 2.24. The first-order valence-electron chi connectivity index (χ1n) is 4.76. The van der Waals surface area contributed by atoms with Crippen molar-refractivity contribution in [2.45, 2.75) is 6.92 Å². The highest BCUT2D eigenvalue weighted by Crippen LogP contribution is 2.15. The average Bonchev–Trinajstić information content (AvgIpc) is 2.30. The van der Waals surface area contributed by atoms with Gasteiger partial charge in [-0.2, -0.15) is 4.58 Å². The lowest BCUT2D eigenvalue weighted by atomic mass is 10.2. The molecule has 16 heavy (non-hydrogen) atoms. The predicted molar refractivity (Wildman–Crippen MR) is 68.5 cm³/mol. The minimum atomic E-state index is 0. The minimum absolute atomic E-state index is 0. The summed E-state index contributed by atoms with van der Waals surface area (Å²) in [6.45, 7) is 2.97. The fraction of sp³-hybridized carbons (Fsp3) is 0.167. The van der Waals surface area contributed by atoms with E-state index in [9.17, 15) is 0 Å². The Bertz CT molecular complexity index is 408. The molecule has 0 N–H and O–H groups in total. The molecule has 2 nitrogen and oxygen atoms in total. The van der Waals surface area contributed by atoms with E-state index in [4.69, 9.17) is 0 Å². The van der Waals surface area contributed by atoms with Crippen molar-refractivity contribution in [3.63, 3.8) is 0 Å². The molecule has 0 radical (unpaired) electrons. The zero-order valence-electron chi connectivity index (χ0n) is 9.01. The Morgan fingerprint density at radius 2 is 2.19 bits per heavy atom. The van der Waals surface area contributed by atoms with Gasteiger partial charge in [-0.25, -0.2) is 4.98 Å². The summed E-state index contributed by atoms with van der Waals surface area (Å²) in [7, 11) is 0. The highest BCUT2D eigenvalue weighted by molar-refractivity contribution is 8.93. The van der Waals surface area contributed by atoms with Crippen molar-refractivity contribution in [3.8, 4) is 0 Å². The maximum atomic E-state index is 4.34. The van der Waals surface area contributed by atoms with Crippen LogP contribution in [-0.2, 0) is 0 Å². The molecule has 0 spiro atoms. The van der Waals surface area contributed by atoms with Crippen molar-refractivity contribution in [1.82, 2.24) is 4.98 Å². The number of pyridine rings is 1. The van der Waals surface area contributed by atoms with E-state index in [1.807, 2.05) is 31.3 Å². The molecule has 4 heteroatoms. The second kappa shape index (κ2) is 7.52. The van der Waals surface area contributed by atoms with E-state index in [1.165, 1.54) is 0 Å². The molecule has 1 aliphatic heterocycles. The van der Waals surface area contributed by atoms with Crippen LogP contribution in [0, 0.1) is 0 Å². The van der Waals surface area contributed by atoms with Gasteiger partial charge < -0.3 is 17.0 Å². The quantitative estimate of drug-likeness (QED) is 0.637. The lowest BCUT2D eigenvalue weighted by Gasteiger charge is -2.06. The van der Waals surface area contributed by atoms with Crippen molar-refractivity contribution in [1.29, 1.82) is 0 Å². The van der Waals surface area contributed by atoms with E-state index in [2.05, 4.69) is 34.0 Å². The molecule has 0 bridgehead atoms. The molecule has 0 aromatic carbocycles. The topological polar surface area (TPSA) is 15.9 Å². The van der Waals surface area contributed by atoms with Crippen molar-refractivity contribution in [2.75, 3.05) is 6.54 Å². The van der Waals surface area contributed by atoms with Crippen molar-refractivity contribution < 1.29 is 21.6 Å². The molecule has 0 fully saturated rings. The van der Waals surface area contributed by atoms with Crippen LogP contribution in [0.2, 0.25) is 0 Å². The van der Waals surface area contributed by atoms with Gasteiger partial charge in [0.2, 0.25) is 5.70 Å². The lowest BCUT2D eigenvalue weighted by Crippen LogP contribution is -3.00. The molecule has 0 amide bonds. The fourth-order valence-electron chi connectivity index (χ4n) is 1.52. The SMILES string of the molecule is Br.CC=[N+]1CC=CC=C1c1ccccn1.[Br-]. The molecule has 86 valence electrons. The third-order valence-electron chi connectivity index (χ3n) is 2.24. The maximum absolute atomic E-state index is 4.34. The molecule has 0 saturated heterocycles. The Labute approximate surface area is 117 Å². The first-order valence-corrected chi connectivity index (χ1v) is 4.76. The zero-order valence-corrected chi connectivity index (χ0v) is 12.3. The lowest BCUT2D eigenvalue weighted by molar-refractivity contribution is -0.416. The zero-order chi connectivity index (χ0) is 9.80. The van der Waals surface area contributed by atoms with Crippen LogP contribution in [-0.4, -0.2) is 22.3 Å². The Morgan fingerprint density at radius 1 is 1.38 bits per heavy atom. The molecular weight excluding hydrogens is 332 g/mol. The van der Waals surface area contributed by atoms with Crippen molar-refractivity contribution in [2.24, 2.45) is 0 Å². The van der Waals surface area contributed by atoms with Crippen LogP contribution >= 0.6 is 17.0 Å². The van der Waals surface area contributed by atoms with Crippen molar-refractivity contribution in [3.05, 3.63) is 48.3 Å². The number of aromatic nitrogens is 1. The number of hydrogen-bond donors (Lipinski definition) is 0. The maximum Gasteiger partial charge on any atom is 0.231 e. The third kappa shape index (κ3) is 3.39. The van der Waals surface area contributed by atoms with Gasteiger partial charge in [-0.3, -0.25) is 0 Å². The Kier molecular flexibility index (Phi) is 7.17. The molecule has 1 aromatic heterocycles. The van der Waals surface area contributed by atoms with E-state index < -0.39 is 0 Å². The van der Waals surface area contributed by atoms with Gasteiger partial charge in [-0.15, -0.1) is 17.0 Å². The first-order chi connectivity index (χ1) is 6.92. The molecule has 0 atom stereocenters. The standard InChI is InChI=1S/C12H13N2.2BrH/c1-2-14-10-6-4-8-12(14)11-7-3-5-9-13-11;;/h2-9H,10H2,1H3;2*1H/q+1;;/p-1. The predicted octanol–water partition coefficient (Wildman–Crippen LogP) is -0.323. The van der Waals surface area contributed by atoms with Gasteiger partial charge in [-0.05, 0) is 18.2 Å². The van der Waals surface area contributed by atoms with Crippen LogP contribution in [0.15, 0.2) is 42.6 Å². The van der Waals surface area contributed by atoms with Crippen LogP contribution in [0.5, 0.6) is 0 Å². The van der Waals surface area contributed by atoms with Crippen molar-refractivity contribution >= 4 is 28.9 Å². The van der Waals surface area contributed by atoms with Gasteiger partial charge in [0, 0.05) is 19.2 Å². The van der Waals surface area contributed by atoms with Gasteiger partial charge in [0.15, 0.2) is 6.54 Å². The summed E-state index contributed by atoms with van der Waals surface area (Å²) < 4.78 is 2.18. The van der Waals surface area contributed by atoms with Gasteiger partial charge in [0.05, 0.1) is 0 Å². The molecule has 2 heterocycles. The summed E-state index contributed by atoms with van der Waals surface area (Å²) in [5.74, 6) is 0. The van der Waals surface area contributed by atoms with E-state index in [1.54, 1.807) is 0 Å². The van der Waals surface area contributed by atoms with Gasteiger partial charge in [0.25, 0.3) is 0 Å². The van der Waals surface area contributed by atoms with E-state index >= 15 is 0 Å². The molecular formula is C12H14Br2N2. The van der Waals surface area contributed by atoms with E-state index in [0.717, 1.165) is 17.9 Å². The highest BCUT2D eigenvalue weighted by atomic mass is 79.9. The molecule has 0 saturated carbocycles. The van der Waals surface area contributed by atoms with Crippen LogP contribution in [0.4, 0.5) is 0 Å². The Morgan fingerprint density at radius 3 is 2.81 bits per heavy atom. The van der Waals surface area contributed by atoms with E-state index in [-0.39, 0.29) is 34.0 Å².